The Morgan fingerprint density at radius 3 is 2.67 bits per heavy atom. The molecule has 2 atom stereocenters. The van der Waals surface area contributed by atoms with Crippen LogP contribution in [0.25, 0.3) is 0 Å². The van der Waals surface area contributed by atoms with Crippen molar-refractivity contribution in [3.05, 3.63) is 83.3 Å². The van der Waals surface area contributed by atoms with Gasteiger partial charge in [0.1, 0.15) is 23.8 Å². The van der Waals surface area contributed by atoms with Crippen LogP contribution in [0.2, 0.25) is 0 Å². The molecular formula is C28H30FN5O5. The number of fused-ring (bicyclic) bond motifs is 1. The number of aromatic carboxylic acids is 1. The second-order valence-electron chi connectivity index (χ2n) is 9.40. The van der Waals surface area contributed by atoms with E-state index in [9.17, 15) is 19.1 Å². The van der Waals surface area contributed by atoms with Gasteiger partial charge in [-0.15, -0.1) is 0 Å². The minimum absolute atomic E-state index is 0.0427. The number of hydrogen-bond acceptors (Lipinski definition) is 8. The molecule has 4 N–H and O–H groups in total. The van der Waals surface area contributed by atoms with Crippen LogP contribution in [0, 0.1) is 5.82 Å². The lowest BCUT2D eigenvalue weighted by atomic mass is 10.0. The molecule has 1 aromatic heterocycles. The predicted octanol–water partition coefficient (Wildman–Crippen LogP) is 3.18. The van der Waals surface area contributed by atoms with Crippen molar-refractivity contribution in [2.24, 2.45) is 5.73 Å². The van der Waals surface area contributed by atoms with Gasteiger partial charge in [0.15, 0.2) is 5.82 Å². The summed E-state index contributed by atoms with van der Waals surface area (Å²) < 4.78 is 25.1. The van der Waals surface area contributed by atoms with E-state index in [0.717, 1.165) is 39.3 Å². The summed E-state index contributed by atoms with van der Waals surface area (Å²) in [4.78, 5) is 33.4. The minimum atomic E-state index is -1.18. The number of aromatic nitrogens is 1. The molecule has 11 heteroatoms. The van der Waals surface area contributed by atoms with E-state index in [1.165, 1.54) is 24.4 Å². The number of nitrogens with two attached hydrogens (primary N) is 1. The zero-order chi connectivity index (χ0) is 27.4. The fourth-order valence-corrected chi connectivity index (χ4v) is 5.03. The number of pyridine rings is 1. The summed E-state index contributed by atoms with van der Waals surface area (Å²) >= 11 is 0. The molecule has 5 rings (SSSR count). The fraction of sp³-hybridized carbons (Fsp3) is 0.321. The van der Waals surface area contributed by atoms with Gasteiger partial charge in [0, 0.05) is 25.8 Å². The number of halogens is 1. The van der Waals surface area contributed by atoms with Crippen molar-refractivity contribution in [1.82, 2.24) is 9.88 Å². The molecular weight excluding hydrogens is 505 g/mol. The smallest absolute Gasteiger partial charge is 0.338 e. The summed E-state index contributed by atoms with van der Waals surface area (Å²) in [7, 11) is 0. The van der Waals surface area contributed by atoms with Gasteiger partial charge < -0.3 is 30.5 Å². The number of anilines is 2. The topological polar surface area (TPSA) is 130 Å². The monoisotopic (exact) mass is 535 g/mol. The van der Waals surface area contributed by atoms with Crippen LogP contribution < -0.4 is 20.7 Å². The second-order valence-corrected chi connectivity index (χ2v) is 9.40. The number of carbonyl (C=O) groups is 2. The van der Waals surface area contributed by atoms with Gasteiger partial charge in [-0.05, 0) is 47.9 Å². The Morgan fingerprint density at radius 1 is 1.18 bits per heavy atom. The van der Waals surface area contributed by atoms with Gasteiger partial charge in [0.2, 0.25) is 5.91 Å². The van der Waals surface area contributed by atoms with E-state index in [1.807, 2.05) is 0 Å². The van der Waals surface area contributed by atoms with Gasteiger partial charge in [-0.3, -0.25) is 9.69 Å². The van der Waals surface area contributed by atoms with Gasteiger partial charge in [0.25, 0.3) is 0 Å². The van der Waals surface area contributed by atoms with Crippen LogP contribution in [0.4, 0.5) is 15.9 Å². The zero-order valence-electron chi connectivity index (χ0n) is 21.3. The van der Waals surface area contributed by atoms with Crippen LogP contribution in [0.1, 0.15) is 40.1 Å². The van der Waals surface area contributed by atoms with Crippen LogP contribution in [-0.4, -0.2) is 66.3 Å². The van der Waals surface area contributed by atoms with E-state index in [1.54, 1.807) is 41.3 Å². The number of benzene rings is 2. The standard InChI is InChI=1S/C28H30FN5O5/c29-20-7-5-18(6-8-20)27-32-26-24(22(28(36)37)9-10-31-26)34(27)23(25(30)35)19-3-1-4-21(17-19)39-14-2-11-33-12-15-38-16-13-33/h1,3-10,17,23,27H,2,11-16H2,(H2,30,35)(H,31,32)(H,36,37). The lowest BCUT2D eigenvalue weighted by molar-refractivity contribution is -0.119. The molecule has 10 nitrogen and oxygen atoms in total. The van der Waals surface area contributed by atoms with Gasteiger partial charge in [-0.25, -0.2) is 14.2 Å². The van der Waals surface area contributed by atoms with Crippen molar-refractivity contribution in [3.8, 4) is 5.75 Å². The van der Waals surface area contributed by atoms with Crippen molar-refractivity contribution in [3.63, 3.8) is 0 Å². The Morgan fingerprint density at radius 2 is 1.95 bits per heavy atom. The Bertz CT molecular complexity index is 1330. The number of nitrogens with zero attached hydrogens (tertiary/aromatic N) is 3. The molecule has 0 saturated carbocycles. The number of carbonyl (C=O) groups excluding carboxylic acids is 1. The number of ether oxygens (including phenoxy) is 2. The largest absolute Gasteiger partial charge is 0.494 e. The van der Waals surface area contributed by atoms with Crippen LogP contribution >= 0.6 is 0 Å². The molecule has 1 fully saturated rings. The van der Waals surface area contributed by atoms with Gasteiger partial charge in [-0.1, -0.05) is 24.3 Å². The molecule has 2 unspecified atom stereocenters. The van der Waals surface area contributed by atoms with Gasteiger partial charge >= 0.3 is 5.97 Å². The highest BCUT2D eigenvalue weighted by Crippen LogP contribution is 2.47. The third-order valence-corrected chi connectivity index (χ3v) is 6.86. The third-order valence-electron chi connectivity index (χ3n) is 6.86. The van der Waals surface area contributed by atoms with E-state index < -0.39 is 29.9 Å². The first-order valence-electron chi connectivity index (χ1n) is 12.8. The average molecular weight is 536 g/mol. The maximum atomic E-state index is 13.7. The number of carboxylic acids is 1. The summed E-state index contributed by atoms with van der Waals surface area (Å²) in [6.07, 6.45) is 1.47. The number of nitrogens with one attached hydrogen (secondary N) is 1. The Labute approximate surface area is 225 Å². The normalized spacial score (nSPS) is 17.8. The first-order valence-corrected chi connectivity index (χ1v) is 12.8. The predicted molar refractivity (Wildman–Crippen MR) is 142 cm³/mol. The maximum absolute atomic E-state index is 13.7. The molecule has 3 heterocycles. The lowest BCUT2D eigenvalue weighted by Crippen LogP contribution is -2.40. The summed E-state index contributed by atoms with van der Waals surface area (Å²) in [5.74, 6) is -1.45. The van der Waals surface area contributed by atoms with E-state index in [-0.39, 0.29) is 17.1 Å². The molecule has 0 bridgehead atoms. The first-order chi connectivity index (χ1) is 18.9. The fourth-order valence-electron chi connectivity index (χ4n) is 5.03. The molecule has 2 aromatic carbocycles. The quantitative estimate of drug-likeness (QED) is 0.335. The minimum Gasteiger partial charge on any atom is -0.494 e. The zero-order valence-corrected chi connectivity index (χ0v) is 21.3. The SMILES string of the molecule is NC(=O)C(c1cccc(OCCCN2CCOCC2)c1)N1c2c(C(=O)O)ccnc2NC1c1ccc(F)cc1. The highest BCUT2D eigenvalue weighted by atomic mass is 19.1. The lowest BCUT2D eigenvalue weighted by Gasteiger charge is -2.34. The molecule has 0 spiro atoms. The van der Waals surface area contributed by atoms with Gasteiger partial charge in [-0.2, -0.15) is 0 Å². The first kappa shape index (κ1) is 26.4. The number of carboxylic acid groups (broad SMARTS) is 1. The van der Waals surface area contributed by atoms with Crippen molar-refractivity contribution in [2.45, 2.75) is 18.6 Å². The number of rotatable bonds is 10. The van der Waals surface area contributed by atoms with E-state index >= 15 is 0 Å². The molecule has 0 radical (unpaired) electrons. The van der Waals surface area contributed by atoms with Crippen molar-refractivity contribution in [1.29, 1.82) is 0 Å². The summed E-state index contributed by atoms with van der Waals surface area (Å²) in [5, 5.41) is 13.1. The van der Waals surface area contributed by atoms with E-state index in [2.05, 4.69) is 15.2 Å². The molecule has 1 amide bonds. The molecule has 39 heavy (non-hydrogen) atoms. The maximum Gasteiger partial charge on any atom is 0.338 e. The van der Waals surface area contributed by atoms with Crippen LogP contribution in [0.15, 0.2) is 60.8 Å². The number of primary amides is 1. The Balaban J connectivity index is 1.44. The van der Waals surface area contributed by atoms with Crippen molar-refractivity contribution < 1.29 is 28.6 Å². The summed E-state index contributed by atoms with van der Waals surface area (Å²) in [6.45, 7) is 4.68. The third kappa shape index (κ3) is 5.79. The van der Waals surface area contributed by atoms with Gasteiger partial charge in [0.05, 0.1) is 31.1 Å². The van der Waals surface area contributed by atoms with Crippen LogP contribution in [-0.2, 0) is 9.53 Å². The van der Waals surface area contributed by atoms with E-state index in [4.69, 9.17) is 15.2 Å². The van der Waals surface area contributed by atoms with Crippen LogP contribution in [0.3, 0.4) is 0 Å². The van der Waals surface area contributed by atoms with Crippen molar-refractivity contribution in [2.75, 3.05) is 49.7 Å². The number of hydrogen-bond donors (Lipinski definition) is 3. The van der Waals surface area contributed by atoms with Crippen molar-refractivity contribution >= 4 is 23.4 Å². The van der Waals surface area contributed by atoms with Crippen LogP contribution in [0.5, 0.6) is 5.75 Å². The summed E-state index contributed by atoms with van der Waals surface area (Å²) in [5.41, 5.74) is 7.26. The molecule has 3 aromatic rings. The van der Waals surface area contributed by atoms with E-state index in [0.29, 0.717) is 23.5 Å². The molecule has 2 aliphatic heterocycles. The Kier molecular flexibility index (Phi) is 7.89. The summed E-state index contributed by atoms with van der Waals surface area (Å²) in [6, 6.07) is 13.1. The molecule has 0 aliphatic carbocycles. The second kappa shape index (κ2) is 11.7. The number of amides is 1. The Hall–Kier alpha value is -4.22. The molecule has 1 saturated heterocycles. The average Bonchev–Trinajstić information content (AvgIpc) is 3.31. The molecule has 2 aliphatic rings. The number of morpholine rings is 1. The molecule has 204 valence electrons. The highest BCUT2D eigenvalue weighted by Gasteiger charge is 2.41. The highest BCUT2D eigenvalue weighted by molar-refractivity contribution is 6.01.